The molecule has 0 heterocycles. The van der Waals surface area contributed by atoms with E-state index in [9.17, 15) is 9.18 Å². The van der Waals surface area contributed by atoms with Gasteiger partial charge >= 0.3 is 0 Å². The van der Waals surface area contributed by atoms with Crippen molar-refractivity contribution in [1.29, 1.82) is 0 Å². The van der Waals surface area contributed by atoms with E-state index in [1.165, 1.54) is 17.0 Å². The van der Waals surface area contributed by atoms with Gasteiger partial charge < -0.3 is 4.90 Å². The first kappa shape index (κ1) is 16.5. The lowest BCUT2D eigenvalue weighted by molar-refractivity contribution is 0.0784. The minimum atomic E-state index is -0.419. The van der Waals surface area contributed by atoms with E-state index in [1.54, 1.807) is 25.2 Å². The Bertz CT molecular complexity index is 653. The lowest BCUT2D eigenvalue weighted by Crippen LogP contribution is -2.26. The van der Waals surface area contributed by atoms with Crippen LogP contribution in [0, 0.1) is 5.82 Å². The van der Waals surface area contributed by atoms with E-state index in [-0.39, 0.29) is 12.5 Å². The van der Waals surface area contributed by atoms with Crippen molar-refractivity contribution in [2.75, 3.05) is 7.05 Å². The van der Waals surface area contributed by atoms with Gasteiger partial charge in [-0.05, 0) is 30.3 Å². The molecule has 0 unspecified atom stereocenters. The predicted molar refractivity (Wildman–Crippen MR) is 89.0 cm³/mol. The molecule has 2 aromatic rings. The third-order valence-corrected chi connectivity index (χ3v) is 4.18. The highest BCUT2D eigenvalue weighted by Gasteiger charge is 2.16. The van der Waals surface area contributed by atoms with Gasteiger partial charge in [0.2, 0.25) is 0 Å². The molecule has 0 aliphatic carbocycles. The van der Waals surface area contributed by atoms with Gasteiger partial charge in [-0.3, -0.25) is 4.79 Å². The SMILES string of the molecule is CN(Cc1c(F)cccc1Cl)C(=O)c1cc(Br)cc(Br)c1. The Morgan fingerprint density at radius 3 is 2.43 bits per heavy atom. The normalized spacial score (nSPS) is 10.5. The number of hydrogen-bond acceptors (Lipinski definition) is 1. The maximum atomic E-state index is 13.8. The van der Waals surface area contributed by atoms with Gasteiger partial charge in [-0.2, -0.15) is 0 Å². The molecule has 2 aromatic carbocycles. The minimum absolute atomic E-state index is 0.106. The van der Waals surface area contributed by atoms with Gasteiger partial charge in [-0.25, -0.2) is 4.39 Å². The van der Waals surface area contributed by atoms with E-state index in [2.05, 4.69) is 31.9 Å². The summed E-state index contributed by atoms with van der Waals surface area (Å²) in [5, 5.41) is 0.310. The van der Waals surface area contributed by atoms with Crippen LogP contribution in [0.3, 0.4) is 0 Å². The third-order valence-electron chi connectivity index (χ3n) is 2.91. The number of hydrogen-bond donors (Lipinski definition) is 0. The molecule has 0 fully saturated rings. The number of halogens is 4. The number of carbonyl (C=O) groups is 1. The molecule has 0 aliphatic heterocycles. The number of carbonyl (C=O) groups excluding carboxylic acids is 1. The highest BCUT2D eigenvalue weighted by atomic mass is 79.9. The Hall–Kier alpha value is -0.910. The quantitative estimate of drug-likeness (QED) is 0.643. The molecule has 2 rings (SSSR count). The average molecular weight is 436 g/mol. The van der Waals surface area contributed by atoms with Crippen molar-refractivity contribution in [3.05, 3.63) is 67.3 Å². The van der Waals surface area contributed by atoms with Crippen LogP contribution in [0.5, 0.6) is 0 Å². The Morgan fingerprint density at radius 1 is 1.24 bits per heavy atom. The monoisotopic (exact) mass is 433 g/mol. The summed E-state index contributed by atoms with van der Waals surface area (Å²) in [6.07, 6.45) is 0. The van der Waals surface area contributed by atoms with Crippen molar-refractivity contribution in [3.63, 3.8) is 0 Å². The van der Waals surface area contributed by atoms with Crippen molar-refractivity contribution in [3.8, 4) is 0 Å². The second-order valence-electron chi connectivity index (χ2n) is 4.52. The van der Waals surface area contributed by atoms with Crippen LogP contribution >= 0.6 is 43.5 Å². The van der Waals surface area contributed by atoms with E-state index in [0.29, 0.717) is 16.1 Å². The van der Waals surface area contributed by atoms with Crippen molar-refractivity contribution in [2.24, 2.45) is 0 Å². The highest BCUT2D eigenvalue weighted by molar-refractivity contribution is 9.11. The van der Waals surface area contributed by atoms with Gasteiger partial charge in [-0.15, -0.1) is 0 Å². The van der Waals surface area contributed by atoms with Crippen LogP contribution < -0.4 is 0 Å². The van der Waals surface area contributed by atoms with Crippen LogP contribution in [0.2, 0.25) is 5.02 Å². The fraction of sp³-hybridized carbons (Fsp3) is 0.133. The maximum Gasteiger partial charge on any atom is 0.253 e. The van der Waals surface area contributed by atoms with Crippen LogP contribution in [0.25, 0.3) is 0 Å². The standard InChI is InChI=1S/C15H11Br2ClFNO/c1-20(8-12-13(18)3-2-4-14(12)19)15(21)9-5-10(16)7-11(17)6-9/h2-7H,8H2,1H3. The molecule has 0 saturated carbocycles. The zero-order valence-corrected chi connectivity index (χ0v) is 15.0. The zero-order chi connectivity index (χ0) is 15.6. The summed E-state index contributed by atoms with van der Waals surface area (Å²) in [5.74, 6) is -0.631. The predicted octanol–water partition coefficient (Wildman–Crippen LogP) is 5.28. The molecule has 6 heteroatoms. The summed E-state index contributed by atoms with van der Waals surface area (Å²) in [5.41, 5.74) is 0.815. The molecule has 0 bridgehead atoms. The molecule has 0 radical (unpaired) electrons. The van der Waals surface area contributed by atoms with Crippen molar-refractivity contribution >= 4 is 49.4 Å². The zero-order valence-electron chi connectivity index (χ0n) is 11.0. The van der Waals surface area contributed by atoms with E-state index < -0.39 is 5.82 Å². The van der Waals surface area contributed by atoms with Gasteiger partial charge in [0.25, 0.3) is 5.91 Å². The molecular weight excluding hydrogens is 424 g/mol. The molecule has 0 aliphatic rings. The maximum absolute atomic E-state index is 13.8. The molecule has 0 atom stereocenters. The summed E-state index contributed by atoms with van der Waals surface area (Å²) in [6.45, 7) is 0.106. The van der Waals surface area contributed by atoms with E-state index >= 15 is 0 Å². The molecule has 0 N–H and O–H groups in total. The number of nitrogens with zero attached hydrogens (tertiary/aromatic N) is 1. The lowest BCUT2D eigenvalue weighted by atomic mass is 10.1. The molecular formula is C15H11Br2ClFNO. The Morgan fingerprint density at radius 2 is 1.86 bits per heavy atom. The van der Waals surface area contributed by atoms with Crippen LogP contribution in [-0.2, 0) is 6.54 Å². The Balaban J connectivity index is 2.24. The fourth-order valence-electron chi connectivity index (χ4n) is 1.89. The Labute approximate surface area is 144 Å². The second-order valence-corrected chi connectivity index (χ2v) is 6.76. The highest BCUT2D eigenvalue weighted by Crippen LogP contribution is 2.23. The molecule has 2 nitrogen and oxygen atoms in total. The molecule has 0 saturated heterocycles. The lowest BCUT2D eigenvalue weighted by Gasteiger charge is -2.19. The van der Waals surface area contributed by atoms with E-state index in [4.69, 9.17) is 11.6 Å². The fourth-order valence-corrected chi connectivity index (χ4v) is 3.41. The van der Waals surface area contributed by atoms with Crippen LogP contribution in [0.15, 0.2) is 45.3 Å². The first-order valence-electron chi connectivity index (χ1n) is 6.03. The van der Waals surface area contributed by atoms with Crippen LogP contribution in [0.1, 0.15) is 15.9 Å². The van der Waals surface area contributed by atoms with Gasteiger partial charge in [0.05, 0.1) is 0 Å². The van der Waals surface area contributed by atoms with Crippen LogP contribution in [0.4, 0.5) is 4.39 Å². The van der Waals surface area contributed by atoms with Crippen LogP contribution in [-0.4, -0.2) is 17.9 Å². The third kappa shape index (κ3) is 4.05. The molecule has 21 heavy (non-hydrogen) atoms. The molecule has 1 amide bonds. The summed E-state index contributed by atoms with van der Waals surface area (Å²) in [4.78, 5) is 13.8. The summed E-state index contributed by atoms with van der Waals surface area (Å²) >= 11 is 12.7. The molecule has 0 aromatic heterocycles. The van der Waals surface area contributed by atoms with Gasteiger partial charge in [0.15, 0.2) is 0 Å². The summed E-state index contributed by atoms with van der Waals surface area (Å²) in [6, 6.07) is 9.74. The van der Waals surface area contributed by atoms with E-state index in [0.717, 1.165) is 8.95 Å². The van der Waals surface area contributed by atoms with Gasteiger partial charge in [-0.1, -0.05) is 49.5 Å². The first-order chi connectivity index (χ1) is 9.88. The number of amides is 1. The Kier molecular flexibility index (Phi) is 5.41. The van der Waals surface area contributed by atoms with Gasteiger partial charge in [0, 0.05) is 38.7 Å². The van der Waals surface area contributed by atoms with Crippen molar-refractivity contribution in [2.45, 2.75) is 6.54 Å². The number of benzene rings is 2. The summed E-state index contributed by atoms with van der Waals surface area (Å²) in [7, 11) is 1.61. The summed E-state index contributed by atoms with van der Waals surface area (Å²) < 4.78 is 15.3. The van der Waals surface area contributed by atoms with Crippen molar-refractivity contribution in [1.82, 2.24) is 4.90 Å². The average Bonchev–Trinajstić information content (AvgIpc) is 2.41. The largest absolute Gasteiger partial charge is 0.337 e. The van der Waals surface area contributed by atoms with Gasteiger partial charge in [0.1, 0.15) is 5.82 Å². The van der Waals surface area contributed by atoms with Crippen molar-refractivity contribution < 1.29 is 9.18 Å². The molecule has 0 spiro atoms. The second kappa shape index (κ2) is 6.90. The topological polar surface area (TPSA) is 20.3 Å². The molecule has 110 valence electrons. The van der Waals surface area contributed by atoms with E-state index in [1.807, 2.05) is 6.07 Å². The minimum Gasteiger partial charge on any atom is -0.337 e. The first-order valence-corrected chi connectivity index (χ1v) is 7.99. The smallest absolute Gasteiger partial charge is 0.253 e. The number of rotatable bonds is 3.